The van der Waals surface area contributed by atoms with Gasteiger partial charge in [-0.15, -0.1) is 0 Å². The summed E-state index contributed by atoms with van der Waals surface area (Å²) in [5.41, 5.74) is 2.25. The van der Waals surface area contributed by atoms with E-state index in [1.807, 2.05) is 19.1 Å². The van der Waals surface area contributed by atoms with Crippen LogP contribution in [-0.4, -0.2) is 22.7 Å². The number of hydrogen-bond acceptors (Lipinski definition) is 3. The fraction of sp³-hybridized carbons (Fsp3) is 0.227. The first-order valence-corrected chi connectivity index (χ1v) is 10.4. The van der Waals surface area contributed by atoms with Gasteiger partial charge in [-0.3, -0.25) is 4.79 Å². The predicted molar refractivity (Wildman–Crippen MR) is 119 cm³/mol. The topological polar surface area (TPSA) is 70.0 Å². The lowest BCUT2D eigenvalue weighted by Gasteiger charge is -2.15. The molecule has 1 atom stereocenters. The molecule has 150 valence electrons. The molecule has 0 bridgehead atoms. The van der Waals surface area contributed by atoms with Crippen molar-refractivity contribution in [2.75, 3.05) is 5.01 Å². The third-order valence-electron chi connectivity index (χ3n) is 4.62. The van der Waals surface area contributed by atoms with E-state index in [4.69, 9.17) is 11.6 Å². The van der Waals surface area contributed by atoms with Gasteiger partial charge in [-0.25, -0.2) is 9.80 Å². The van der Waals surface area contributed by atoms with Crippen LogP contribution in [0, 0.1) is 5.92 Å². The summed E-state index contributed by atoms with van der Waals surface area (Å²) in [6, 6.07) is 14.2. The van der Waals surface area contributed by atoms with Gasteiger partial charge in [-0.1, -0.05) is 53.0 Å². The van der Waals surface area contributed by atoms with Gasteiger partial charge in [0.15, 0.2) is 0 Å². The second-order valence-electron chi connectivity index (χ2n) is 6.75. The molecule has 29 heavy (non-hydrogen) atoms. The van der Waals surface area contributed by atoms with Crippen LogP contribution >= 0.6 is 27.5 Å². The van der Waals surface area contributed by atoms with Crippen molar-refractivity contribution >= 4 is 56.9 Å². The van der Waals surface area contributed by atoms with Crippen molar-refractivity contribution in [3.63, 3.8) is 0 Å². The number of carbonyl (C=O) groups excluding carboxylic acids is 1. The molecule has 0 aromatic heterocycles. The molecule has 1 N–H and O–H groups in total. The Labute approximate surface area is 182 Å². The Morgan fingerprint density at radius 3 is 2.45 bits per heavy atom. The number of carboxylic acids is 1. The summed E-state index contributed by atoms with van der Waals surface area (Å²) >= 11 is 9.28. The molecule has 0 fully saturated rings. The van der Waals surface area contributed by atoms with Crippen LogP contribution in [0.25, 0.3) is 6.08 Å². The summed E-state index contributed by atoms with van der Waals surface area (Å²) in [5, 5.41) is 16.2. The molecule has 7 heteroatoms. The zero-order chi connectivity index (χ0) is 21.0. The highest BCUT2D eigenvalue weighted by atomic mass is 79.9. The number of amides is 1. The second kappa shape index (κ2) is 9.37. The van der Waals surface area contributed by atoms with Crippen molar-refractivity contribution in [1.82, 2.24) is 0 Å². The van der Waals surface area contributed by atoms with Gasteiger partial charge in [0.05, 0.1) is 17.3 Å². The summed E-state index contributed by atoms with van der Waals surface area (Å²) in [4.78, 5) is 24.9. The number of nitrogens with zero attached hydrogens (tertiary/aromatic N) is 2. The lowest BCUT2D eigenvalue weighted by atomic mass is 9.91. The maximum absolute atomic E-state index is 13.1. The van der Waals surface area contributed by atoms with Crippen molar-refractivity contribution in [3.8, 4) is 0 Å². The van der Waals surface area contributed by atoms with Gasteiger partial charge in [0.2, 0.25) is 0 Å². The van der Waals surface area contributed by atoms with Crippen molar-refractivity contribution < 1.29 is 14.7 Å². The molecule has 1 heterocycles. The van der Waals surface area contributed by atoms with E-state index in [9.17, 15) is 14.7 Å². The van der Waals surface area contributed by atoms with Gasteiger partial charge in [-0.2, -0.15) is 5.10 Å². The van der Waals surface area contributed by atoms with Gasteiger partial charge in [0, 0.05) is 15.1 Å². The van der Waals surface area contributed by atoms with E-state index in [-0.39, 0.29) is 17.9 Å². The zero-order valence-electron chi connectivity index (χ0n) is 15.8. The Bertz CT molecular complexity index is 969. The van der Waals surface area contributed by atoms with Crippen LogP contribution in [0.2, 0.25) is 5.02 Å². The zero-order valence-corrected chi connectivity index (χ0v) is 18.2. The number of hydrazone groups is 1. The summed E-state index contributed by atoms with van der Waals surface area (Å²) in [6.45, 7) is 2.01. The molecule has 0 aliphatic carbocycles. The highest BCUT2D eigenvalue weighted by Crippen LogP contribution is 2.31. The fourth-order valence-electron chi connectivity index (χ4n) is 3.18. The molecule has 5 nitrogen and oxygen atoms in total. The van der Waals surface area contributed by atoms with E-state index in [0.717, 1.165) is 16.5 Å². The number of anilines is 1. The maximum Gasteiger partial charge on any atom is 0.331 e. The summed E-state index contributed by atoms with van der Waals surface area (Å²) in [5.74, 6) is -1.85. The van der Waals surface area contributed by atoms with Gasteiger partial charge in [-0.05, 0) is 60.9 Å². The second-order valence-corrected chi connectivity index (χ2v) is 8.10. The number of benzene rings is 2. The first-order chi connectivity index (χ1) is 13.9. The van der Waals surface area contributed by atoms with Crippen LogP contribution in [0.15, 0.2) is 63.7 Å². The van der Waals surface area contributed by atoms with Gasteiger partial charge in [0.25, 0.3) is 5.91 Å². The molecule has 0 radical (unpaired) electrons. The third kappa shape index (κ3) is 5.14. The number of carboxylic acid groups (broad SMARTS) is 1. The largest absolute Gasteiger partial charge is 0.478 e. The SMILES string of the molecule is CCCC1=NN(c2ccc(Br)cc2)C(=O)C1C/C(=C/c1ccc(Cl)cc1)C(=O)O. The van der Waals surface area contributed by atoms with Crippen LogP contribution in [0.4, 0.5) is 5.69 Å². The highest BCUT2D eigenvalue weighted by molar-refractivity contribution is 9.10. The average Bonchev–Trinajstić information content (AvgIpc) is 2.99. The molecule has 2 aromatic rings. The number of aliphatic carboxylic acids is 1. The van der Waals surface area contributed by atoms with E-state index < -0.39 is 11.9 Å². The molecular weight excluding hydrogens is 456 g/mol. The van der Waals surface area contributed by atoms with Crippen molar-refractivity contribution in [2.24, 2.45) is 11.0 Å². The minimum Gasteiger partial charge on any atom is -0.478 e. The molecule has 2 aromatic carbocycles. The number of hydrogen-bond donors (Lipinski definition) is 1. The Hall–Kier alpha value is -2.44. The van der Waals surface area contributed by atoms with Crippen molar-refractivity contribution in [3.05, 3.63) is 69.2 Å². The van der Waals surface area contributed by atoms with Crippen LogP contribution in [0.5, 0.6) is 0 Å². The first kappa shape index (κ1) is 21.3. The minimum absolute atomic E-state index is 0.0860. The molecule has 1 amide bonds. The number of halogens is 2. The van der Waals surface area contributed by atoms with E-state index in [1.165, 1.54) is 5.01 Å². The monoisotopic (exact) mass is 474 g/mol. The van der Waals surface area contributed by atoms with Gasteiger partial charge >= 0.3 is 5.97 Å². The summed E-state index contributed by atoms with van der Waals surface area (Å²) in [6.07, 6.45) is 3.12. The fourth-order valence-corrected chi connectivity index (χ4v) is 3.57. The lowest BCUT2D eigenvalue weighted by molar-refractivity contribution is -0.132. The van der Waals surface area contributed by atoms with Crippen molar-refractivity contribution in [2.45, 2.75) is 26.2 Å². The van der Waals surface area contributed by atoms with E-state index in [1.54, 1.807) is 42.5 Å². The average molecular weight is 476 g/mol. The summed E-state index contributed by atoms with van der Waals surface area (Å²) < 4.78 is 0.904. The van der Waals surface area contributed by atoms with E-state index in [0.29, 0.717) is 22.8 Å². The molecule has 1 unspecified atom stereocenters. The van der Waals surface area contributed by atoms with Gasteiger partial charge < -0.3 is 5.11 Å². The standard InChI is InChI=1S/C22H20BrClN2O3/c1-2-3-20-19(21(27)26(25-20)18-10-6-16(23)7-11-18)13-15(22(28)29)12-14-4-8-17(24)9-5-14/h4-12,19H,2-3,13H2,1H3,(H,28,29)/b15-12-. The number of carbonyl (C=O) groups is 2. The Kier molecular flexibility index (Phi) is 6.87. The Morgan fingerprint density at radius 2 is 1.86 bits per heavy atom. The lowest BCUT2D eigenvalue weighted by Crippen LogP contribution is -2.28. The normalized spacial score (nSPS) is 16.9. The molecule has 0 spiro atoms. The van der Waals surface area contributed by atoms with E-state index in [2.05, 4.69) is 21.0 Å². The molecule has 0 saturated heterocycles. The number of rotatable bonds is 7. The van der Waals surface area contributed by atoms with Crippen LogP contribution < -0.4 is 5.01 Å². The summed E-state index contributed by atoms with van der Waals surface area (Å²) in [7, 11) is 0. The smallest absolute Gasteiger partial charge is 0.331 e. The maximum atomic E-state index is 13.1. The highest BCUT2D eigenvalue weighted by Gasteiger charge is 2.37. The predicted octanol–water partition coefficient (Wildman–Crippen LogP) is 5.78. The Balaban J connectivity index is 1.89. The van der Waals surface area contributed by atoms with Gasteiger partial charge in [0.1, 0.15) is 0 Å². The van der Waals surface area contributed by atoms with Crippen LogP contribution in [-0.2, 0) is 9.59 Å². The molecule has 1 aliphatic heterocycles. The Morgan fingerprint density at radius 1 is 1.21 bits per heavy atom. The van der Waals surface area contributed by atoms with E-state index >= 15 is 0 Å². The first-order valence-electron chi connectivity index (χ1n) is 9.25. The van der Waals surface area contributed by atoms with Crippen LogP contribution in [0.1, 0.15) is 31.7 Å². The minimum atomic E-state index is -1.05. The van der Waals surface area contributed by atoms with Crippen molar-refractivity contribution in [1.29, 1.82) is 0 Å². The molecular formula is C22H20BrClN2O3. The molecule has 0 saturated carbocycles. The molecule has 3 rings (SSSR count). The quantitative estimate of drug-likeness (QED) is 0.516. The molecule has 1 aliphatic rings. The third-order valence-corrected chi connectivity index (χ3v) is 5.41. The van der Waals surface area contributed by atoms with Crippen LogP contribution in [0.3, 0.4) is 0 Å².